The maximum Gasteiger partial charge on any atom is 0.238 e. The molecule has 21 heavy (non-hydrogen) atoms. The molecule has 2 unspecified atom stereocenters. The Morgan fingerprint density at radius 2 is 1.90 bits per heavy atom. The first kappa shape index (κ1) is 16.0. The smallest absolute Gasteiger partial charge is 0.238 e. The molecule has 3 N–H and O–H groups in total. The van der Waals surface area contributed by atoms with Gasteiger partial charge in [-0.05, 0) is 29.9 Å². The van der Waals surface area contributed by atoms with Gasteiger partial charge in [-0.3, -0.25) is 10.2 Å². The summed E-state index contributed by atoms with van der Waals surface area (Å²) < 4.78 is 6.12. The highest BCUT2D eigenvalue weighted by Gasteiger charge is 2.24. The van der Waals surface area contributed by atoms with Gasteiger partial charge in [-0.1, -0.05) is 50.5 Å². The number of ether oxygens (including phenoxy) is 1. The molecule has 1 saturated carbocycles. The molecule has 116 valence electrons. The van der Waals surface area contributed by atoms with Crippen LogP contribution in [0.2, 0.25) is 0 Å². The number of amides is 1. The fraction of sp³-hybridized carbons (Fsp3) is 0.588. The third-order valence-electron chi connectivity index (χ3n) is 4.38. The minimum atomic E-state index is -0.174. The van der Waals surface area contributed by atoms with Crippen LogP contribution in [0.25, 0.3) is 0 Å². The molecule has 4 heteroatoms. The van der Waals surface area contributed by atoms with Crippen molar-refractivity contribution in [3.8, 4) is 0 Å². The van der Waals surface area contributed by atoms with Gasteiger partial charge in [0.25, 0.3) is 0 Å². The molecule has 2 rings (SSSR count). The Hall–Kier alpha value is -1.39. The van der Waals surface area contributed by atoms with E-state index in [0.717, 1.165) is 11.1 Å². The summed E-state index contributed by atoms with van der Waals surface area (Å²) in [6.45, 7) is 2.91. The van der Waals surface area contributed by atoms with E-state index in [2.05, 4.69) is 12.3 Å². The quantitative estimate of drug-likeness (QED) is 0.481. The summed E-state index contributed by atoms with van der Waals surface area (Å²) in [5, 5.41) is 0. The molecule has 0 saturated heterocycles. The number of carbonyl (C=O) groups excluding carboxylic acids is 1. The third-order valence-corrected chi connectivity index (χ3v) is 4.38. The van der Waals surface area contributed by atoms with Crippen LogP contribution in [0.1, 0.15) is 50.2 Å². The summed E-state index contributed by atoms with van der Waals surface area (Å²) >= 11 is 0. The van der Waals surface area contributed by atoms with Crippen molar-refractivity contribution in [1.29, 1.82) is 0 Å². The molecule has 0 aromatic heterocycles. The highest BCUT2D eigenvalue weighted by molar-refractivity contribution is 5.77. The van der Waals surface area contributed by atoms with Crippen LogP contribution in [0.4, 0.5) is 0 Å². The van der Waals surface area contributed by atoms with Crippen LogP contribution in [0, 0.1) is 5.92 Å². The molecule has 1 aromatic carbocycles. The van der Waals surface area contributed by atoms with E-state index in [4.69, 9.17) is 10.6 Å². The molecule has 0 spiro atoms. The molecule has 0 bridgehead atoms. The lowest BCUT2D eigenvalue weighted by Crippen LogP contribution is -2.31. The topological polar surface area (TPSA) is 64.3 Å². The molecule has 1 fully saturated rings. The van der Waals surface area contributed by atoms with Crippen molar-refractivity contribution in [3.05, 3.63) is 35.4 Å². The second-order valence-electron chi connectivity index (χ2n) is 5.86. The van der Waals surface area contributed by atoms with Gasteiger partial charge in [-0.15, -0.1) is 0 Å². The van der Waals surface area contributed by atoms with Gasteiger partial charge >= 0.3 is 0 Å². The van der Waals surface area contributed by atoms with Crippen molar-refractivity contribution >= 4 is 5.91 Å². The first-order chi connectivity index (χ1) is 10.2. The lowest BCUT2D eigenvalue weighted by atomic mass is 9.85. The molecule has 0 aliphatic heterocycles. The standard InChI is InChI=1S/C17H26N2O2/c1-2-15-5-3-4-6-16(15)21-12-14-9-7-13(8-10-14)11-17(20)19-18/h7-10,15-16H,2-6,11-12,18H2,1H3,(H,19,20). The zero-order valence-corrected chi connectivity index (χ0v) is 12.8. The first-order valence-corrected chi connectivity index (χ1v) is 7.91. The number of rotatable bonds is 6. The van der Waals surface area contributed by atoms with Crippen molar-refractivity contribution in [3.63, 3.8) is 0 Å². The Bertz CT molecular complexity index is 445. The molecule has 1 amide bonds. The predicted molar refractivity (Wildman–Crippen MR) is 83.3 cm³/mol. The van der Waals surface area contributed by atoms with E-state index in [1.165, 1.54) is 32.1 Å². The summed E-state index contributed by atoms with van der Waals surface area (Å²) in [6, 6.07) is 7.99. The minimum Gasteiger partial charge on any atom is -0.373 e. The number of hydrogen-bond acceptors (Lipinski definition) is 3. The Kier molecular flexibility index (Phi) is 6.21. The zero-order chi connectivity index (χ0) is 15.1. The molecular formula is C17H26N2O2. The fourth-order valence-electron chi connectivity index (χ4n) is 3.05. The third kappa shape index (κ3) is 4.83. The van der Waals surface area contributed by atoms with E-state index in [0.29, 0.717) is 25.0 Å². The Morgan fingerprint density at radius 3 is 2.57 bits per heavy atom. The Morgan fingerprint density at radius 1 is 1.24 bits per heavy atom. The Balaban J connectivity index is 1.84. The average molecular weight is 290 g/mol. The molecule has 1 aliphatic carbocycles. The highest BCUT2D eigenvalue weighted by Crippen LogP contribution is 2.29. The number of hydrazine groups is 1. The molecule has 2 atom stereocenters. The van der Waals surface area contributed by atoms with Crippen LogP contribution < -0.4 is 11.3 Å². The first-order valence-electron chi connectivity index (χ1n) is 7.91. The summed E-state index contributed by atoms with van der Waals surface area (Å²) in [5.74, 6) is 5.63. The number of carbonyl (C=O) groups is 1. The van der Waals surface area contributed by atoms with Crippen LogP contribution in [-0.2, 0) is 22.6 Å². The van der Waals surface area contributed by atoms with E-state index in [1.54, 1.807) is 0 Å². The van der Waals surface area contributed by atoms with Crippen LogP contribution in [0.3, 0.4) is 0 Å². The van der Waals surface area contributed by atoms with E-state index in [1.807, 2.05) is 24.3 Å². The molecule has 1 aliphatic rings. The molecule has 0 radical (unpaired) electrons. The van der Waals surface area contributed by atoms with Gasteiger partial charge in [-0.25, -0.2) is 5.84 Å². The number of benzene rings is 1. The SMILES string of the molecule is CCC1CCCCC1OCc1ccc(CC(=O)NN)cc1. The lowest BCUT2D eigenvalue weighted by molar-refractivity contribution is -0.120. The largest absolute Gasteiger partial charge is 0.373 e. The monoisotopic (exact) mass is 290 g/mol. The summed E-state index contributed by atoms with van der Waals surface area (Å²) in [5.41, 5.74) is 4.27. The van der Waals surface area contributed by atoms with Crippen molar-refractivity contribution in [2.45, 2.75) is 58.2 Å². The lowest BCUT2D eigenvalue weighted by Gasteiger charge is -2.30. The zero-order valence-electron chi connectivity index (χ0n) is 12.8. The van der Waals surface area contributed by atoms with Crippen LogP contribution >= 0.6 is 0 Å². The van der Waals surface area contributed by atoms with Crippen molar-refractivity contribution < 1.29 is 9.53 Å². The van der Waals surface area contributed by atoms with Gasteiger partial charge in [0, 0.05) is 0 Å². The van der Waals surface area contributed by atoms with Crippen LogP contribution in [0.5, 0.6) is 0 Å². The summed E-state index contributed by atoms with van der Waals surface area (Å²) in [7, 11) is 0. The average Bonchev–Trinajstić information content (AvgIpc) is 2.54. The van der Waals surface area contributed by atoms with E-state index < -0.39 is 0 Å². The van der Waals surface area contributed by atoms with Gasteiger partial charge in [-0.2, -0.15) is 0 Å². The van der Waals surface area contributed by atoms with Crippen molar-refractivity contribution in [1.82, 2.24) is 5.43 Å². The van der Waals surface area contributed by atoms with Crippen LogP contribution in [-0.4, -0.2) is 12.0 Å². The van der Waals surface area contributed by atoms with E-state index >= 15 is 0 Å². The second kappa shape index (κ2) is 8.15. The molecule has 0 heterocycles. The highest BCUT2D eigenvalue weighted by atomic mass is 16.5. The van der Waals surface area contributed by atoms with Gasteiger partial charge in [0.2, 0.25) is 5.91 Å². The summed E-state index contributed by atoms with van der Waals surface area (Å²) in [6.07, 6.45) is 7.05. The Labute approximate surface area is 127 Å². The molecule has 4 nitrogen and oxygen atoms in total. The van der Waals surface area contributed by atoms with Gasteiger partial charge in [0.15, 0.2) is 0 Å². The molecular weight excluding hydrogens is 264 g/mol. The van der Waals surface area contributed by atoms with Crippen molar-refractivity contribution in [2.75, 3.05) is 0 Å². The van der Waals surface area contributed by atoms with Gasteiger partial charge in [0.1, 0.15) is 0 Å². The van der Waals surface area contributed by atoms with Gasteiger partial charge in [0.05, 0.1) is 19.1 Å². The summed E-state index contributed by atoms with van der Waals surface area (Å²) in [4.78, 5) is 11.2. The number of nitrogens with two attached hydrogens (primary N) is 1. The predicted octanol–water partition coefficient (Wildman–Crippen LogP) is 2.70. The normalized spacial score (nSPS) is 22.0. The van der Waals surface area contributed by atoms with E-state index in [-0.39, 0.29) is 5.91 Å². The molecule has 1 aromatic rings. The maximum absolute atomic E-state index is 11.2. The number of nitrogens with one attached hydrogen (secondary N) is 1. The van der Waals surface area contributed by atoms with Crippen molar-refractivity contribution in [2.24, 2.45) is 11.8 Å². The minimum absolute atomic E-state index is 0.174. The fourth-order valence-corrected chi connectivity index (χ4v) is 3.05. The second-order valence-corrected chi connectivity index (χ2v) is 5.86. The number of hydrogen-bond donors (Lipinski definition) is 2. The van der Waals surface area contributed by atoms with E-state index in [9.17, 15) is 4.79 Å². The maximum atomic E-state index is 11.2. The van der Waals surface area contributed by atoms with Gasteiger partial charge < -0.3 is 4.74 Å². The van der Waals surface area contributed by atoms with Crippen LogP contribution in [0.15, 0.2) is 24.3 Å².